The van der Waals surface area contributed by atoms with Gasteiger partial charge in [-0.3, -0.25) is 0 Å². The molecule has 1 aliphatic heterocycles. The van der Waals surface area contributed by atoms with Crippen molar-refractivity contribution in [3.05, 3.63) is 12.7 Å². The molecule has 1 rings (SSSR count). The molecule has 0 amide bonds. The van der Waals surface area contributed by atoms with E-state index in [2.05, 4.69) is 11.3 Å². The molecule has 7 nitrogen and oxygen atoms in total. The maximum atomic E-state index is 11.1. The highest BCUT2D eigenvalue weighted by Crippen LogP contribution is 2.06. The molecule has 0 bridgehead atoms. The second kappa shape index (κ2) is 8.48. The Kier molecular flexibility index (Phi) is 6.82. The number of hydrogen-bond acceptors (Lipinski definition) is 7. The molecular formula is C11H16O7. The van der Waals surface area contributed by atoms with Gasteiger partial charge in [-0.1, -0.05) is 6.58 Å². The van der Waals surface area contributed by atoms with Crippen molar-refractivity contribution < 1.29 is 33.3 Å². The van der Waals surface area contributed by atoms with Gasteiger partial charge in [-0.05, 0) is 12.8 Å². The summed E-state index contributed by atoms with van der Waals surface area (Å²) in [7, 11) is 0. The van der Waals surface area contributed by atoms with E-state index < -0.39 is 18.6 Å². The summed E-state index contributed by atoms with van der Waals surface area (Å²) in [5, 5.41) is 0. The van der Waals surface area contributed by atoms with Gasteiger partial charge in [0.25, 0.3) is 0 Å². The summed E-state index contributed by atoms with van der Waals surface area (Å²) in [6.45, 7) is 3.53. The van der Waals surface area contributed by atoms with Crippen LogP contribution in [-0.2, 0) is 28.5 Å². The van der Waals surface area contributed by atoms with E-state index >= 15 is 0 Å². The number of rotatable bonds is 7. The zero-order chi connectivity index (χ0) is 13.2. The Morgan fingerprint density at radius 2 is 1.78 bits per heavy atom. The molecule has 0 atom stereocenters. The summed E-state index contributed by atoms with van der Waals surface area (Å²) in [6, 6.07) is 0. The smallest absolute Gasteiger partial charge is 0.463 e. The lowest BCUT2D eigenvalue weighted by Gasteiger charge is -2.10. The number of carbonyl (C=O) groups excluding carboxylic acids is 2. The predicted molar refractivity (Wildman–Crippen MR) is 58.5 cm³/mol. The number of ether oxygens (including phenoxy) is 5. The fourth-order valence-corrected chi connectivity index (χ4v) is 1.11. The van der Waals surface area contributed by atoms with Crippen LogP contribution < -0.4 is 0 Å². The first-order chi connectivity index (χ1) is 8.72. The normalized spacial score (nSPS) is 15.1. The Hall–Kier alpha value is -1.60. The minimum atomic E-state index is -0.967. The molecule has 1 fully saturated rings. The standard InChI is InChI=1S/C11H16O7/c1-2-9(12)14-5-3-4-6-15-10(13)18-11-16-7-8-17-11/h2,11H,1,3-8H2. The lowest BCUT2D eigenvalue weighted by Crippen LogP contribution is -2.19. The largest absolute Gasteiger partial charge is 0.512 e. The van der Waals surface area contributed by atoms with E-state index in [-0.39, 0.29) is 13.2 Å². The first-order valence-corrected chi connectivity index (χ1v) is 5.58. The number of esters is 1. The molecule has 1 aliphatic rings. The van der Waals surface area contributed by atoms with Gasteiger partial charge < -0.3 is 23.7 Å². The van der Waals surface area contributed by atoms with Gasteiger partial charge in [-0.25, -0.2) is 9.59 Å². The number of hydrogen-bond donors (Lipinski definition) is 0. The van der Waals surface area contributed by atoms with Crippen LogP contribution in [0.1, 0.15) is 12.8 Å². The first kappa shape index (κ1) is 14.5. The molecule has 0 aromatic carbocycles. The van der Waals surface area contributed by atoms with Crippen molar-refractivity contribution >= 4 is 12.1 Å². The van der Waals surface area contributed by atoms with Gasteiger partial charge in [-0.15, -0.1) is 0 Å². The lowest BCUT2D eigenvalue weighted by molar-refractivity contribution is -0.206. The second-order valence-electron chi connectivity index (χ2n) is 3.33. The SMILES string of the molecule is C=CC(=O)OCCCCOC(=O)OC1OCCO1. The highest BCUT2D eigenvalue weighted by Gasteiger charge is 2.21. The highest BCUT2D eigenvalue weighted by atomic mass is 16.9. The zero-order valence-corrected chi connectivity index (χ0v) is 9.96. The maximum absolute atomic E-state index is 11.1. The number of carbonyl (C=O) groups is 2. The molecule has 18 heavy (non-hydrogen) atoms. The lowest BCUT2D eigenvalue weighted by atomic mass is 10.3. The summed E-state index contributed by atoms with van der Waals surface area (Å²) >= 11 is 0. The topological polar surface area (TPSA) is 80.3 Å². The van der Waals surface area contributed by atoms with Crippen LogP contribution in [0.15, 0.2) is 12.7 Å². The average Bonchev–Trinajstić information content (AvgIpc) is 2.85. The van der Waals surface area contributed by atoms with E-state index in [1.165, 1.54) is 0 Å². The molecule has 0 saturated carbocycles. The van der Waals surface area contributed by atoms with Crippen LogP contribution in [0.5, 0.6) is 0 Å². The van der Waals surface area contributed by atoms with Gasteiger partial charge in [-0.2, -0.15) is 0 Å². The van der Waals surface area contributed by atoms with Crippen molar-refractivity contribution in [3.63, 3.8) is 0 Å². The monoisotopic (exact) mass is 260 g/mol. The molecule has 0 aliphatic carbocycles. The minimum absolute atomic E-state index is 0.178. The van der Waals surface area contributed by atoms with Crippen molar-refractivity contribution in [2.75, 3.05) is 26.4 Å². The van der Waals surface area contributed by atoms with Gasteiger partial charge in [0.1, 0.15) is 0 Å². The number of unbranched alkanes of at least 4 members (excludes halogenated alkanes) is 1. The molecular weight excluding hydrogens is 244 g/mol. The summed E-state index contributed by atoms with van der Waals surface area (Å²) in [5.41, 5.74) is 0. The Labute approximate surface area is 105 Å². The van der Waals surface area contributed by atoms with Crippen LogP contribution in [0.3, 0.4) is 0 Å². The van der Waals surface area contributed by atoms with Gasteiger partial charge in [0, 0.05) is 6.08 Å². The van der Waals surface area contributed by atoms with Crippen molar-refractivity contribution in [1.82, 2.24) is 0 Å². The van der Waals surface area contributed by atoms with E-state index in [1.54, 1.807) is 0 Å². The van der Waals surface area contributed by atoms with Crippen LogP contribution in [0.25, 0.3) is 0 Å². The van der Waals surface area contributed by atoms with Crippen molar-refractivity contribution in [1.29, 1.82) is 0 Å². The zero-order valence-electron chi connectivity index (χ0n) is 9.96. The van der Waals surface area contributed by atoms with E-state index in [9.17, 15) is 9.59 Å². The van der Waals surface area contributed by atoms with Crippen LogP contribution in [0.2, 0.25) is 0 Å². The molecule has 0 radical (unpaired) electrons. The molecule has 0 N–H and O–H groups in total. The van der Waals surface area contributed by atoms with E-state index in [0.717, 1.165) is 6.08 Å². The Bertz CT molecular complexity index is 283. The van der Waals surface area contributed by atoms with Crippen molar-refractivity contribution in [2.45, 2.75) is 19.3 Å². The summed E-state index contributed by atoms with van der Waals surface area (Å²) in [4.78, 5) is 21.8. The third kappa shape index (κ3) is 6.21. The maximum Gasteiger partial charge on any atom is 0.512 e. The fraction of sp³-hybridized carbons (Fsp3) is 0.636. The van der Waals surface area contributed by atoms with Gasteiger partial charge in [0.2, 0.25) is 0 Å². The van der Waals surface area contributed by atoms with Gasteiger partial charge >= 0.3 is 18.6 Å². The first-order valence-electron chi connectivity index (χ1n) is 5.58. The fourth-order valence-electron chi connectivity index (χ4n) is 1.11. The van der Waals surface area contributed by atoms with Crippen molar-refractivity contribution in [3.8, 4) is 0 Å². The van der Waals surface area contributed by atoms with E-state index in [4.69, 9.17) is 18.9 Å². The Morgan fingerprint density at radius 1 is 1.17 bits per heavy atom. The Morgan fingerprint density at radius 3 is 2.39 bits per heavy atom. The molecule has 1 saturated heterocycles. The van der Waals surface area contributed by atoms with Crippen LogP contribution >= 0.6 is 0 Å². The van der Waals surface area contributed by atoms with Gasteiger partial charge in [0.05, 0.1) is 26.4 Å². The molecule has 0 aromatic rings. The summed E-state index contributed by atoms with van der Waals surface area (Å²) in [5.74, 6) is -0.467. The summed E-state index contributed by atoms with van der Waals surface area (Å²) in [6.07, 6.45) is 1.40. The highest BCUT2D eigenvalue weighted by molar-refractivity contribution is 5.81. The second-order valence-corrected chi connectivity index (χ2v) is 3.33. The third-order valence-corrected chi connectivity index (χ3v) is 1.95. The predicted octanol–water partition coefficient (Wildman–Crippen LogP) is 0.979. The van der Waals surface area contributed by atoms with E-state index in [0.29, 0.717) is 26.1 Å². The van der Waals surface area contributed by atoms with E-state index in [1.807, 2.05) is 0 Å². The molecule has 1 heterocycles. The minimum Gasteiger partial charge on any atom is -0.463 e. The van der Waals surface area contributed by atoms with Crippen LogP contribution in [0, 0.1) is 0 Å². The molecule has 0 spiro atoms. The molecule has 7 heteroatoms. The molecule has 0 unspecified atom stereocenters. The van der Waals surface area contributed by atoms with Crippen molar-refractivity contribution in [2.24, 2.45) is 0 Å². The summed E-state index contributed by atoms with van der Waals surface area (Å²) < 4.78 is 24.0. The third-order valence-electron chi connectivity index (χ3n) is 1.95. The molecule has 0 aromatic heterocycles. The quantitative estimate of drug-likeness (QED) is 0.383. The van der Waals surface area contributed by atoms with Gasteiger partial charge in [0.15, 0.2) is 0 Å². The van der Waals surface area contributed by atoms with Crippen LogP contribution in [-0.4, -0.2) is 45.0 Å². The average molecular weight is 260 g/mol. The van der Waals surface area contributed by atoms with Crippen LogP contribution in [0.4, 0.5) is 4.79 Å². The Balaban J connectivity index is 1.92. The molecule has 102 valence electrons.